The molecule has 3 nitrogen and oxygen atoms in total. The van der Waals surface area contributed by atoms with E-state index in [1.165, 1.54) is 83.9 Å². The summed E-state index contributed by atoms with van der Waals surface area (Å²) in [5.41, 5.74) is 2.03. The second-order valence-electron chi connectivity index (χ2n) is 12.8. The third kappa shape index (κ3) is 9.83. The predicted molar refractivity (Wildman–Crippen MR) is 178 cm³/mol. The first-order valence-electron chi connectivity index (χ1n) is 16.5. The number of allylic oxidation sites excluding steroid dienone is 2. The van der Waals surface area contributed by atoms with Gasteiger partial charge in [0.15, 0.2) is 0 Å². The van der Waals surface area contributed by atoms with Crippen molar-refractivity contribution in [2.45, 2.75) is 119 Å². The van der Waals surface area contributed by atoms with Crippen molar-refractivity contribution in [1.82, 2.24) is 0 Å². The number of hydrogen-bond acceptors (Lipinski definition) is 3. The van der Waals surface area contributed by atoms with Gasteiger partial charge in [-0.3, -0.25) is 0 Å². The molecule has 1 aliphatic carbocycles. The Morgan fingerprint density at radius 3 is 1.78 bits per heavy atom. The monoisotopic (exact) mass is 665 g/mol. The second kappa shape index (κ2) is 17.3. The topological polar surface area (TPSA) is 38.7 Å². The van der Waals surface area contributed by atoms with Crippen LogP contribution in [0.3, 0.4) is 0 Å². The van der Waals surface area contributed by atoms with Crippen molar-refractivity contribution >= 4 is 30.1 Å². The van der Waals surface area contributed by atoms with Crippen LogP contribution in [0.2, 0.25) is 13.3 Å². The van der Waals surface area contributed by atoms with Crippen LogP contribution in [-0.4, -0.2) is 30.1 Å². The first kappa shape index (κ1) is 33.6. The number of benzene rings is 2. The standard InChI is InChI=1S/C25H28NO2.3C4H9.Sn/c1-25(2,19-18-20-12-6-3-7-13-20)23(21-14-8-4-9-15-21)26-28-24(27)22-16-10-5-11-17-22;3*1-3-4-2;/h4-5,8-11,14-17,19-20H,3,6-7,12-13H2,1-2H3;3*1,3-4H2,2H3;/b19-18?,26-23+;;;;. The fraction of sp³-hybridized carbons (Fsp3) is 0.568. The second-order valence-corrected chi connectivity index (χ2v) is 26.0. The average molecular weight is 665 g/mol. The van der Waals surface area contributed by atoms with Crippen LogP contribution in [0.15, 0.2) is 75.5 Å². The molecule has 0 aromatic heterocycles. The molecule has 4 heteroatoms. The summed E-state index contributed by atoms with van der Waals surface area (Å²) < 4.78 is 6.32. The molecule has 3 rings (SSSR count). The SMILES string of the molecule is CCC[CH2][Sn]([CH2]CCC)([CH2]CCC)/[C](=C/C(C)(C)/C(=N/OC(=O)c1ccccc1)c1ccccc1)C1CCCCC1. The van der Waals surface area contributed by atoms with E-state index in [1.54, 1.807) is 12.1 Å². The third-order valence-corrected chi connectivity index (χ3v) is 25.4. The molecular weight excluding hydrogens is 609 g/mol. The van der Waals surface area contributed by atoms with E-state index in [1.807, 2.05) is 27.9 Å². The zero-order valence-corrected chi connectivity index (χ0v) is 29.4. The van der Waals surface area contributed by atoms with Crippen LogP contribution in [-0.2, 0) is 4.84 Å². The fourth-order valence-corrected chi connectivity index (χ4v) is 25.4. The molecule has 41 heavy (non-hydrogen) atoms. The molecular formula is C37H55NO2Sn. The van der Waals surface area contributed by atoms with Crippen LogP contribution >= 0.6 is 0 Å². The Morgan fingerprint density at radius 1 is 0.805 bits per heavy atom. The quantitative estimate of drug-likeness (QED) is 0.0775. The zero-order chi connectivity index (χ0) is 29.6. The molecule has 1 saturated carbocycles. The van der Waals surface area contributed by atoms with Crippen LogP contribution in [0.5, 0.6) is 0 Å². The van der Waals surface area contributed by atoms with Crippen molar-refractivity contribution in [3.63, 3.8) is 0 Å². The van der Waals surface area contributed by atoms with Crippen molar-refractivity contribution in [2.24, 2.45) is 16.5 Å². The molecule has 0 bridgehead atoms. The maximum absolute atomic E-state index is 13.0. The number of hydrogen-bond donors (Lipinski definition) is 0. The van der Waals surface area contributed by atoms with E-state index >= 15 is 0 Å². The van der Waals surface area contributed by atoms with Gasteiger partial charge in [0, 0.05) is 0 Å². The van der Waals surface area contributed by atoms with Gasteiger partial charge in [-0.25, -0.2) is 0 Å². The summed E-state index contributed by atoms with van der Waals surface area (Å²) in [5, 5.41) is 4.65. The van der Waals surface area contributed by atoms with E-state index < -0.39 is 24.3 Å². The Kier molecular flexibility index (Phi) is 14.2. The van der Waals surface area contributed by atoms with Crippen molar-refractivity contribution in [2.75, 3.05) is 0 Å². The zero-order valence-electron chi connectivity index (χ0n) is 26.6. The Bertz CT molecular complexity index is 1080. The average Bonchev–Trinajstić information content (AvgIpc) is 3.01. The van der Waals surface area contributed by atoms with Gasteiger partial charge in [0.05, 0.1) is 0 Å². The fourth-order valence-electron chi connectivity index (χ4n) is 6.78. The number of rotatable bonds is 16. The van der Waals surface area contributed by atoms with Crippen LogP contribution < -0.4 is 0 Å². The molecule has 0 heterocycles. The Balaban J connectivity index is 2.15. The van der Waals surface area contributed by atoms with Gasteiger partial charge in [0.2, 0.25) is 0 Å². The van der Waals surface area contributed by atoms with Crippen LogP contribution in [0, 0.1) is 11.3 Å². The summed E-state index contributed by atoms with van der Waals surface area (Å²) >= 11 is -2.73. The number of oxime groups is 1. The van der Waals surface area contributed by atoms with Gasteiger partial charge in [-0.05, 0) is 0 Å². The summed E-state index contributed by atoms with van der Waals surface area (Å²) in [6, 6.07) is 19.5. The van der Waals surface area contributed by atoms with Gasteiger partial charge >= 0.3 is 256 Å². The van der Waals surface area contributed by atoms with E-state index in [0.29, 0.717) is 11.5 Å². The van der Waals surface area contributed by atoms with E-state index in [0.717, 1.165) is 11.3 Å². The number of nitrogens with zero attached hydrogens (tertiary/aromatic N) is 1. The van der Waals surface area contributed by atoms with E-state index in [9.17, 15) is 4.79 Å². The minimum atomic E-state index is -2.73. The molecule has 1 fully saturated rings. The number of unbranched alkanes of at least 4 members (excludes halogenated alkanes) is 3. The van der Waals surface area contributed by atoms with Gasteiger partial charge in [0.25, 0.3) is 0 Å². The number of carbonyl (C=O) groups is 1. The molecule has 0 saturated heterocycles. The van der Waals surface area contributed by atoms with Gasteiger partial charge < -0.3 is 0 Å². The predicted octanol–water partition coefficient (Wildman–Crippen LogP) is 11.2. The van der Waals surface area contributed by atoms with Crippen molar-refractivity contribution in [3.05, 3.63) is 81.5 Å². The minimum absolute atomic E-state index is 0.363. The van der Waals surface area contributed by atoms with Crippen molar-refractivity contribution in [1.29, 1.82) is 0 Å². The molecule has 2 aromatic rings. The summed E-state index contributed by atoms with van der Waals surface area (Å²) in [7, 11) is 0. The molecule has 224 valence electrons. The van der Waals surface area contributed by atoms with Crippen LogP contribution in [0.25, 0.3) is 0 Å². The molecule has 0 radical (unpaired) electrons. The molecule has 0 N–H and O–H groups in total. The molecule has 0 spiro atoms. The molecule has 0 amide bonds. The Morgan fingerprint density at radius 2 is 1.29 bits per heavy atom. The van der Waals surface area contributed by atoms with Crippen molar-refractivity contribution in [3.8, 4) is 0 Å². The van der Waals surface area contributed by atoms with Crippen LogP contribution in [0.4, 0.5) is 0 Å². The molecule has 1 aliphatic rings. The maximum atomic E-state index is 13.0. The van der Waals surface area contributed by atoms with Gasteiger partial charge in [0.1, 0.15) is 0 Å². The van der Waals surface area contributed by atoms with Gasteiger partial charge in [-0.1, -0.05) is 0 Å². The Hall–Kier alpha value is -1.88. The van der Waals surface area contributed by atoms with E-state index in [2.05, 4.69) is 70.1 Å². The van der Waals surface area contributed by atoms with Gasteiger partial charge in [-0.2, -0.15) is 0 Å². The molecule has 0 aliphatic heterocycles. The summed E-state index contributed by atoms with van der Waals surface area (Å²) in [6.07, 6.45) is 17.4. The summed E-state index contributed by atoms with van der Waals surface area (Å²) in [6.45, 7) is 11.7. The summed E-state index contributed by atoms with van der Waals surface area (Å²) in [5.74, 6) is 0.307. The third-order valence-electron chi connectivity index (χ3n) is 9.09. The summed E-state index contributed by atoms with van der Waals surface area (Å²) in [4.78, 5) is 18.6. The van der Waals surface area contributed by atoms with Crippen LogP contribution in [0.1, 0.15) is 121 Å². The first-order chi connectivity index (χ1) is 19.9. The molecule has 0 unspecified atom stereocenters. The van der Waals surface area contributed by atoms with Gasteiger partial charge in [-0.15, -0.1) is 0 Å². The number of carbonyl (C=O) groups excluding carboxylic acids is 1. The van der Waals surface area contributed by atoms with E-state index in [4.69, 9.17) is 4.84 Å². The van der Waals surface area contributed by atoms with Crippen molar-refractivity contribution < 1.29 is 9.63 Å². The Labute approximate surface area is 255 Å². The normalized spacial score (nSPS) is 15.6. The molecule has 2 aromatic carbocycles. The first-order valence-corrected chi connectivity index (χ1v) is 24.0. The van der Waals surface area contributed by atoms with E-state index in [-0.39, 0.29) is 5.41 Å². The molecule has 0 atom stereocenters.